The highest BCUT2D eigenvalue weighted by atomic mass is 14.2. The Morgan fingerprint density at radius 1 is 0.667 bits per heavy atom. The minimum absolute atomic E-state index is 0.499. The molecule has 0 radical (unpaired) electrons. The van der Waals surface area contributed by atoms with E-state index in [2.05, 4.69) is 34.6 Å². The van der Waals surface area contributed by atoms with Gasteiger partial charge in [-0.05, 0) is 11.3 Å². The Bertz CT molecular complexity index is 163. The average molecular weight is 255 g/mol. The van der Waals surface area contributed by atoms with E-state index >= 15 is 0 Å². The molecule has 0 fully saturated rings. The maximum atomic E-state index is 2.41. The molecule has 0 bridgehead atoms. The lowest BCUT2D eigenvalue weighted by atomic mass is 9.79. The van der Waals surface area contributed by atoms with Crippen molar-refractivity contribution >= 4 is 0 Å². The second-order valence-corrected chi connectivity index (χ2v) is 7.24. The molecule has 0 N–H and O–H groups in total. The fraction of sp³-hybridized carbons (Fsp3) is 1.00. The summed E-state index contributed by atoms with van der Waals surface area (Å²) in [5, 5.41) is 0. The third-order valence-electron chi connectivity index (χ3n) is 4.47. The molecule has 0 aliphatic heterocycles. The first-order valence-electron chi connectivity index (χ1n) is 8.48. The molecule has 0 heterocycles. The third-order valence-corrected chi connectivity index (χ3v) is 4.47. The van der Waals surface area contributed by atoms with Crippen molar-refractivity contribution in [3.8, 4) is 0 Å². The lowest BCUT2D eigenvalue weighted by molar-refractivity contribution is 0.240. The molecule has 18 heavy (non-hydrogen) atoms. The number of unbranched alkanes of at least 4 members (excludes halogenated alkanes) is 9. The summed E-state index contributed by atoms with van der Waals surface area (Å²) in [5.41, 5.74) is 0.499. The molecule has 0 nitrogen and oxygen atoms in total. The highest BCUT2D eigenvalue weighted by Gasteiger charge is 2.18. The van der Waals surface area contributed by atoms with Gasteiger partial charge in [-0.3, -0.25) is 0 Å². The highest BCUT2D eigenvalue weighted by Crippen LogP contribution is 2.29. The fourth-order valence-corrected chi connectivity index (χ4v) is 2.37. The van der Waals surface area contributed by atoms with Crippen LogP contribution >= 0.6 is 0 Å². The molecule has 0 heteroatoms. The average Bonchev–Trinajstić information content (AvgIpc) is 2.30. The summed E-state index contributed by atoms with van der Waals surface area (Å²) in [6.07, 6.45) is 15.9. The molecule has 0 aromatic carbocycles. The van der Waals surface area contributed by atoms with E-state index in [0.29, 0.717) is 5.41 Å². The Kier molecular flexibility index (Phi) is 10.9. The van der Waals surface area contributed by atoms with Gasteiger partial charge in [-0.2, -0.15) is 0 Å². The van der Waals surface area contributed by atoms with Crippen molar-refractivity contribution < 1.29 is 0 Å². The maximum absolute atomic E-state index is 2.41. The van der Waals surface area contributed by atoms with Crippen molar-refractivity contribution in [2.24, 2.45) is 11.3 Å². The Morgan fingerprint density at radius 3 is 1.44 bits per heavy atom. The zero-order valence-electron chi connectivity index (χ0n) is 13.9. The molecule has 0 amide bonds. The van der Waals surface area contributed by atoms with Crippen LogP contribution in [0.1, 0.15) is 105 Å². The molecule has 0 aromatic rings. The zero-order chi connectivity index (χ0) is 13.9. The quantitative estimate of drug-likeness (QED) is 0.349. The van der Waals surface area contributed by atoms with Gasteiger partial charge in [0.1, 0.15) is 0 Å². The van der Waals surface area contributed by atoms with E-state index in [0.717, 1.165) is 5.92 Å². The van der Waals surface area contributed by atoms with E-state index in [1.807, 2.05) is 0 Å². The van der Waals surface area contributed by atoms with Crippen LogP contribution in [0, 0.1) is 11.3 Å². The predicted molar refractivity (Wildman–Crippen MR) is 85.1 cm³/mol. The van der Waals surface area contributed by atoms with Crippen LogP contribution in [0.3, 0.4) is 0 Å². The van der Waals surface area contributed by atoms with Gasteiger partial charge in [-0.25, -0.2) is 0 Å². The van der Waals surface area contributed by atoms with Crippen LogP contribution in [0.4, 0.5) is 0 Å². The van der Waals surface area contributed by atoms with Crippen LogP contribution in [0.15, 0.2) is 0 Å². The van der Waals surface area contributed by atoms with Crippen LogP contribution in [0.25, 0.3) is 0 Å². The van der Waals surface area contributed by atoms with Crippen molar-refractivity contribution in [1.82, 2.24) is 0 Å². The van der Waals surface area contributed by atoms with E-state index in [9.17, 15) is 0 Å². The summed E-state index contributed by atoms with van der Waals surface area (Å²) in [6.45, 7) is 11.8. The van der Waals surface area contributed by atoms with E-state index in [1.54, 1.807) is 0 Å². The molecule has 0 aliphatic rings. The minimum atomic E-state index is 0.499. The number of hydrogen-bond donors (Lipinski definition) is 0. The Balaban J connectivity index is 3.17. The van der Waals surface area contributed by atoms with Crippen LogP contribution in [-0.2, 0) is 0 Å². The van der Waals surface area contributed by atoms with E-state index in [4.69, 9.17) is 0 Å². The Morgan fingerprint density at radius 2 is 1.06 bits per heavy atom. The van der Waals surface area contributed by atoms with Gasteiger partial charge in [0.15, 0.2) is 0 Å². The largest absolute Gasteiger partial charge is 0.0654 e. The molecule has 1 unspecified atom stereocenters. The molecule has 1 atom stereocenters. The van der Waals surface area contributed by atoms with E-state index < -0.39 is 0 Å². The fourth-order valence-electron chi connectivity index (χ4n) is 2.37. The van der Waals surface area contributed by atoms with Gasteiger partial charge in [-0.1, -0.05) is 105 Å². The SMILES string of the molecule is CCCCCCCCCCCCC(C)C(C)(C)C. The summed E-state index contributed by atoms with van der Waals surface area (Å²) >= 11 is 0. The molecule has 0 saturated heterocycles. The summed E-state index contributed by atoms with van der Waals surface area (Å²) < 4.78 is 0. The van der Waals surface area contributed by atoms with Gasteiger partial charge in [0, 0.05) is 0 Å². The topological polar surface area (TPSA) is 0 Å². The van der Waals surface area contributed by atoms with Gasteiger partial charge in [0.25, 0.3) is 0 Å². The molecule has 110 valence electrons. The van der Waals surface area contributed by atoms with Gasteiger partial charge in [0.2, 0.25) is 0 Å². The Hall–Kier alpha value is 0. The first kappa shape index (κ1) is 18.0. The third kappa shape index (κ3) is 11.1. The van der Waals surface area contributed by atoms with Crippen molar-refractivity contribution in [2.75, 3.05) is 0 Å². The van der Waals surface area contributed by atoms with Crippen LogP contribution in [0.2, 0.25) is 0 Å². The summed E-state index contributed by atoms with van der Waals surface area (Å²) in [6, 6.07) is 0. The standard InChI is InChI=1S/C18H38/c1-6-7-8-9-10-11-12-13-14-15-16-17(2)18(3,4)5/h17H,6-16H2,1-5H3. The number of hydrogen-bond acceptors (Lipinski definition) is 0. The lowest BCUT2D eigenvalue weighted by Crippen LogP contribution is -2.16. The lowest BCUT2D eigenvalue weighted by Gasteiger charge is -2.27. The molecule has 0 saturated carbocycles. The minimum Gasteiger partial charge on any atom is -0.0654 e. The summed E-state index contributed by atoms with van der Waals surface area (Å²) in [7, 11) is 0. The van der Waals surface area contributed by atoms with Gasteiger partial charge in [0.05, 0.1) is 0 Å². The van der Waals surface area contributed by atoms with Crippen molar-refractivity contribution in [1.29, 1.82) is 0 Å². The van der Waals surface area contributed by atoms with Crippen molar-refractivity contribution in [2.45, 2.75) is 105 Å². The Labute approximate surface area is 117 Å². The zero-order valence-corrected chi connectivity index (χ0v) is 13.9. The monoisotopic (exact) mass is 254 g/mol. The molecule has 0 aliphatic carbocycles. The van der Waals surface area contributed by atoms with Crippen LogP contribution in [-0.4, -0.2) is 0 Å². The van der Waals surface area contributed by atoms with Crippen molar-refractivity contribution in [3.63, 3.8) is 0 Å². The van der Waals surface area contributed by atoms with Gasteiger partial charge >= 0.3 is 0 Å². The first-order valence-corrected chi connectivity index (χ1v) is 8.48. The molecule has 0 rings (SSSR count). The molecular formula is C18H38. The van der Waals surface area contributed by atoms with Crippen molar-refractivity contribution in [3.05, 3.63) is 0 Å². The van der Waals surface area contributed by atoms with Crippen LogP contribution < -0.4 is 0 Å². The summed E-state index contributed by atoms with van der Waals surface area (Å²) in [5.74, 6) is 0.867. The van der Waals surface area contributed by atoms with Crippen LogP contribution in [0.5, 0.6) is 0 Å². The smallest absolute Gasteiger partial charge is 0.0357 e. The summed E-state index contributed by atoms with van der Waals surface area (Å²) in [4.78, 5) is 0. The molecule has 0 aromatic heterocycles. The van der Waals surface area contributed by atoms with E-state index in [1.165, 1.54) is 70.6 Å². The molecule has 0 spiro atoms. The second-order valence-electron chi connectivity index (χ2n) is 7.24. The normalized spacial score (nSPS) is 13.8. The number of rotatable bonds is 11. The molecular weight excluding hydrogens is 216 g/mol. The predicted octanol–water partition coefficient (Wildman–Crippen LogP) is 6.98. The van der Waals surface area contributed by atoms with E-state index in [-0.39, 0.29) is 0 Å². The second kappa shape index (κ2) is 10.9. The van der Waals surface area contributed by atoms with Gasteiger partial charge < -0.3 is 0 Å². The highest BCUT2D eigenvalue weighted by molar-refractivity contribution is 4.69. The first-order chi connectivity index (χ1) is 8.48. The van der Waals surface area contributed by atoms with Gasteiger partial charge in [-0.15, -0.1) is 0 Å². The maximum Gasteiger partial charge on any atom is -0.0357 e.